The van der Waals surface area contributed by atoms with Gasteiger partial charge in [0.1, 0.15) is 0 Å². The standard InChI is InChI=1S/C22H58O13Si7.C15H30O3Si3.C9H26O4Si3/c1-15-22(42(29-8,30-9)31-10)39(14)33-36(11)32-37(12,18-16-20-40(23-2,24-3)25-4)34-38(13,35-39)19-17-21-41(26-5,27-6)28-7;1-16-21(17-2,18-3)13-12-20(6,7)15-10-8-14(9-11-15)19(4)5;1-10-16(11-2,12-3)9-8-15(6,7)13-14(4)5/h22,36H,15-21H2,1-14H3;8-11,19H,12-13H2,1-7H3;14H,8-9H2,1-7H3. The van der Waals surface area contributed by atoms with Crippen LogP contribution >= 0.6 is 0 Å². The molecule has 5 atom stereocenters. The van der Waals surface area contributed by atoms with Crippen molar-refractivity contribution in [3.8, 4) is 0 Å². The highest BCUT2D eigenvalue weighted by atomic mass is 28.5. The molecule has 1 heterocycles. The van der Waals surface area contributed by atoms with Crippen LogP contribution in [0.25, 0.3) is 0 Å². The summed E-state index contributed by atoms with van der Waals surface area (Å²) in [6, 6.07) is 15.9. The molecule has 33 heteroatoms. The van der Waals surface area contributed by atoms with Crippen molar-refractivity contribution >= 4 is 124 Å². The highest BCUT2D eigenvalue weighted by Gasteiger charge is 2.63. The van der Waals surface area contributed by atoms with Gasteiger partial charge in [-0.05, 0) is 95.8 Å². The molecule has 1 aliphatic heterocycles. The van der Waals surface area contributed by atoms with E-state index < -0.39 is 113 Å². The van der Waals surface area contributed by atoms with E-state index in [1.54, 1.807) is 107 Å². The molecule has 2 rings (SSSR count). The molecule has 20 nitrogen and oxygen atoms in total. The van der Waals surface area contributed by atoms with E-state index in [4.69, 9.17) is 87.0 Å². The second-order valence-corrected chi connectivity index (χ2v) is 65.8. The summed E-state index contributed by atoms with van der Waals surface area (Å²) in [5.74, 6) is 0. The van der Waals surface area contributed by atoms with Crippen LogP contribution in [0.4, 0.5) is 0 Å². The first-order chi connectivity index (χ1) is 36.8. The van der Waals surface area contributed by atoms with Crippen molar-refractivity contribution < 1.29 is 87.0 Å². The number of benzene rings is 1. The summed E-state index contributed by atoms with van der Waals surface area (Å²) in [7, 11) is -4.51. The van der Waals surface area contributed by atoms with Crippen molar-refractivity contribution in [1.29, 1.82) is 0 Å². The van der Waals surface area contributed by atoms with Gasteiger partial charge in [0.2, 0.25) is 0 Å². The van der Waals surface area contributed by atoms with Gasteiger partial charge in [-0.25, -0.2) is 0 Å². The molecular weight excluding hydrogens is 1240 g/mol. The highest BCUT2D eigenvalue weighted by Crippen LogP contribution is 2.43. The second kappa shape index (κ2) is 37.2. The van der Waals surface area contributed by atoms with Crippen LogP contribution < -0.4 is 10.4 Å². The Hall–Kier alpha value is 1.24. The summed E-state index contributed by atoms with van der Waals surface area (Å²) in [5.41, 5.74) is 0. The Balaban J connectivity index is 0.00000135. The van der Waals surface area contributed by atoms with E-state index in [0.717, 1.165) is 43.1 Å². The summed E-state index contributed by atoms with van der Waals surface area (Å²) < 4.78 is 119. The maximum Gasteiger partial charge on any atom is 0.505 e. The molecule has 5 unspecified atom stereocenters. The van der Waals surface area contributed by atoms with Gasteiger partial charge < -0.3 is 87.0 Å². The van der Waals surface area contributed by atoms with Gasteiger partial charge in [-0.3, -0.25) is 0 Å². The molecule has 0 bridgehead atoms. The van der Waals surface area contributed by atoms with E-state index in [2.05, 4.69) is 103 Å². The van der Waals surface area contributed by atoms with Crippen LogP contribution in [-0.4, -0.2) is 220 Å². The minimum Gasteiger partial charge on any atom is -0.458 e. The predicted octanol–water partition coefficient (Wildman–Crippen LogP) is 8.11. The van der Waals surface area contributed by atoms with Crippen molar-refractivity contribution in [2.45, 2.75) is 158 Å². The predicted molar refractivity (Wildman–Crippen MR) is 347 cm³/mol. The first kappa shape index (κ1) is 80.2. The molecule has 1 aromatic rings. The molecule has 0 saturated carbocycles. The first-order valence-corrected chi connectivity index (χ1v) is 58.6. The zero-order valence-corrected chi connectivity index (χ0v) is 68.0. The van der Waals surface area contributed by atoms with Crippen molar-refractivity contribution in [2.24, 2.45) is 0 Å². The molecule has 1 saturated heterocycles. The van der Waals surface area contributed by atoms with E-state index in [-0.39, 0.29) is 5.16 Å². The van der Waals surface area contributed by atoms with Crippen LogP contribution in [0.3, 0.4) is 0 Å². The first-order valence-electron chi connectivity index (χ1n) is 27.6. The molecule has 1 aromatic carbocycles. The molecule has 470 valence electrons. The van der Waals surface area contributed by atoms with Gasteiger partial charge >= 0.3 is 79.0 Å². The maximum absolute atomic E-state index is 7.27. The van der Waals surface area contributed by atoms with Gasteiger partial charge in [-0.1, -0.05) is 67.8 Å². The third kappa shape index (κ3) is 25.1. The number of hydrogen-bond donors (Lipinski definition) is 0. The summed E-state index contributed by atoms with van der Waals surface area (Å²) in [6.45, 7) is 28.9. The summed E-state index contributed by atoms with van der Waals surface area (Å²) in [4.78, 5) is 0. The van der Waals surface area contributed by atoms with Crippen molar-refractivity contribution in [2.75, 3.05) is 107 Å². The molecule has 1 fully saturated rings. The van der Waals surface area contributed by atoms with Crippen molar-refractivity contribution in [3.63, 3.8) is 0 Å². The SMILES string of the molecule is CCC([Si]1(C)O[SiH](C)O[Si](C)(CCC[Si](OC)(OC)OC)O[Si](C)(CCC[Si](OC)(OC)OC)O1)[Si](OC)(OC)OC.CO[Si](CC[Si](C)(C)O[SiH](C)C)(OC)OC.CO[Si](CC[Si](C)(C)c1ccc([SiH](C)C)cc1)(OC)OC. The Labute approximate surface area is 496 Å². The van der Waals surface area contributed by atoms with E-state index in [1.165, 1.54) is 10.4 Å². The fourth-order valence-electron chi connectivity index (χ4n) is 10.2. The van der Waals surface area contributed by atoms with E-state index in [1.807, 2.05) is 6.55 Å². The molecule has 0 spiro atoms. The topological polar surface area (TPSA) is 185 Å². The molecule has 0 radical (unpaired) electrons. The van der Waals surface area contributed by atoms with Crippen LogP contribution in [-0.2, 0) is 87.0 Å². The van der Waals surface area contributed by atoms with Crippen LogP contribution in [0.5, 0.6) is 0 Å². The molecule has 0 amide bonds. The summed E-state index contributed by atoms with van der Waals surface area (Å²) in [5, 5.41) is 2.86. The summed E-state index contributed by atoms with van der Waals surface area (Å²) >= 11 is 0. The molecule has 0 aromatic heterocycles. The van der Waals surface area contributed by atoms with E-state index in [0.29, 0.717) is 24.6 Å². The lowest BCUT2D eigenvalue weighted by molar-refractivity contribution is 0.112. The van der Waals surface area contributed by atoms with Gasteiger partial charge in [0.25, 0.3) is 0 Å². The van der Waals surface area contributed by atoms with Gasteiger partial charge in [-0.2, -0.15) is 0 Å². The zero-order valence-electron chi connectivity index (χ0n) is 54.6. The van der Waals surface area contributed by atoms with Crippen LogP contribution in [0.1, 0.15) is 26.2 Å². The monoisotopic (exact) mass is 1350 g/mol. The summed E-state index contributed by atoms with van der Waals surface area (Å²) in [6.07, 6.45) is 2.20. The second-order valence-electron chi connectivity index (χ2n) is 21.9. The van der Waals surface area contributed by atoms with E-state index in [9.17, 15) is 0 Å². The Morgan fingerprint density at radius 2 is 0.848 bits per heavy atom. The third-order valence-electron chi connectivity index (χ3n) is 14.9. The molecular formula is C46H114O20Si13. The number of hydrogen-bond acceptors (Lipinski definition) is 20. The van der Waals surface area contributed by atoms with Crippen molar-refractivity contribution in [3.05, 3.63) is 24.3 Å². The lowest BCUT2D eigenvalue weighted by Gasteiger charge is -2.50. The van der Waals surface area contributed by atoms with Crippen LogP contribution in [0.15, 0.2) is 24.3 Å². The van der Waals surface area contributed by atoms with Crippen molar-refractivity contribution in [1.82, 2.24) is 0 Å². The smallest absolute Gasteiger partial charge is 0.458 e. The molecule has 0 aliphatic carbocycles. The van der Waals surface area contributed by atoms with Crippen LogP contribution in [0.2, 0.25) is 132 Å². The minimum absolute atomic E-state index is 0.188. The Morgan fingerprint density at radius 1 is 0.481 bits per heavy atom. The van der Waals surface area contributed by atoms with Crippen LogP contribution in [0, 0.1) is 0 Å². The fraction of sp³-hybridized carbons (Fsp3) is 0.870. The molecule has 79 heavy (non-hydrogen) atoms. The minimum atomic E-state index is -3.14. The lowest BCUT2D eigenvalue weighted by Crippen LogP contribution is -2.68. The third-order valence-corrected chi connectivity index (χ3v) is 61.2. The number of rotatable bonds is 36. The largest absolute Gasteiger partial charge is 0.505 e. The Morgan fingerprint density at radius 3 is 1.19 bits per heavy atom. The average molecular weight is 1350 g/mol. The normalized spacial score (nSPS) is 21.5. The fourth-order valence-corrected chi connectivity index (χ4v) is 58.7. The lowest BCUT2D eigenvalue weighted by atomic mass is 10.4. The molecule has 1 aliphatic rings. The molecule has 0 N–H and O–H groups in total. The average Bonchev–Trinajstić information content (AvgIpc) is 3.41. The maximum atomic E-state index is 7.27. The quantitative estimate of drug-likeness (QED) is 0.0586. The Bertz CT molecular complexity index is 1730. The zero-order chi connectivity index (χ0) is 61.2. The highest BCUT2D eigenvalue weighted by molar-refractivity contribution is 6.95. The van der Waals surface area contributed by atoms with Gasteiger partial charge in [0, 0.05) is 131 Å². The van der Waals surface area contributed by atoms with Gasteiger partial charge in [-0.15, -0.1) is 0 Å². The van der Waals surface area contributed by atoms with Gasteiger partial charge in [0.05, 0.1) is 22.0 Å². The Kier molecular flexibility index (Phi) is 37.8. The van der Waals surface area contributed by atoms with Gasteiger partial charge in [0.15, 0.2) is 17.4 Å². The van der Waals surface area contributed by atoms with E-state index >= 15 is 0 Å².